The number of hydrogen-bond acceptors (Lipinski definition) is 1. The molecule has 0 aromatic carbocycles. The maximum Gasteiger partial charge on any atom is 0.286 e. The predicted molar refractivity (Wildman–Crippen MR) is 52.3 cm³/mol. The van der Waals surface area contributed by atoms with Crippen LogP contribution in [-0.2, 0) is 12.3 Å². The van der Waals surface area contributed by atoms with E-state index in [-0.39, 0.29) is 5.69 Å². The Morgan fingerprint density at radius 3 is 2.36 bits per heavy atom. The van der Waals surface area contributed by atoms with Crippen molar-refractivity contribution in [1.82, 2.24) is 4.98 Å². The molecule has 0 saturated carbocycles. The maximum absolute atomic E-state index is 12.8. The van der Waals surface area contributed by atoms with Gasteiger partial charge in [0.2, 0.25) is 0 Å². The van der Waals surface area contributed by atoms with Gasteiger partial charge in [0.25, 0.3) is 5.92 Å². The van der Waals surface area contributed by atoms with Crippen molar-refractivity contribution >= 4 is 0 Å². The third-order valence-corrected chi connectivity index (χ3v) is 1.92. The van der Waals surface area contributed by atoms with Gasteiger partial charge in [-0.05, 0) is 24.0 Å². The zero-order valence-electron chi connectivity index (χ0n) is 8.72. The molecular weight excluding hydrogens is 184 g/mol. The molecule has 0 aliphatic rings. The molecule has 0 spiro atoms. The van der Waals surface area contributed by atoms with E-state index in [1.807, 2.05) is 0 Å². The van der Waals surface area contributed by atoms with Gasteiger partial charge in [0.1, 0.15) is 5.69 Å². The SMILES string of the molecule is CC(C)Cc1ccc(C(C)(F)F)nc1. The van der Waals surface area contributed by atoms with Gasteiger partial charge in [0, 0.05) is 13.1 Å². The van der Waals surface area contributed by atoms with Crippen LogP contribution in [0.4, 0.5) is 8.78 Å². The summed E-state index contributed by atoms with van der Waals surface area (Å²) in [6.07, 6.45) is 2.41. The molecule has 0 aliphatic carbocycles. The van der Waals surface area contributed by atoms with E-state index in [4.69, 9.17) is 0 Å². The van der Waals surface area contributed by atoms with E-state index in [9.17, 15) is 8.78 Å². The molecule has 1 aromatic rings. The van der Waals surface area contributed by atoms with Crippen LogP contribution in [0.3, 0.4) is 0 Å². The fourth-order valence-corrected chi connectivity index (χ4v) is 1.28. The van der Waals surface area contributed by atoms with Crippen molar-refractivity contribution in [2.24, 2.45) is 5.92 Å². The molecule has 1 heterocycles. The number of halogens is 2. The molecule has 0 unspecified atom stereocenters. The van der Waals surface area contributed by atoms with E-state index in [1.54, 1.807) is 6.07 Å². The normalized spacial score (nSPS) is 12.1. The maximum atomic E-state index is 12.8. The van der Waals surface area contributed by atoms with Gasteiger partial charge in [-0.3, -0.25) is 4.98 Å². The van der Waals surface area contributed by atoms with Gasteiger partial charge < -0.3 is 0 Å². The lowest BCUT2D eigenvalue weighted by atomic mass is 10.0. The van der Waals surface area contributed by atoms with Crippen LogP contribution in [0.5, 0.6) is 0 Å². The molecule has 1 rings (SSSR count). The summed E-state index contributed by atoms with van der Waals surface area (Å²) in [4.78, 5) is 3.75. The highest BCUT2D eigenvalue weighted by Crippen LogP contribution is 2.24. The average molecular weight is 199 g/mol. The van der Waals surface area contributed by atoms with Crippen LogP contribution in [0, 0.1) is 5.92 Å². The lowest BCUT2D eigenvalue weighted by Crippen LogP contribution is -2.09. The van der Waals surface area contributed by atoms with Crippen LogP contribution < -0.4 is 0 Å². The fraction of sp³-hybridized carbons (Fsp3) is 0.545. The molecule has 0 fully saturated rings. The van der Waals surface area contributed by atoms with Crippen LogP contribution >= 0.6 is 0 Å². The predicted octanol–water partition coefficient (Wildman–Crippen LogP) is 3.39. The van der Waals surface area contributed by atoms with E-state index >= 15 is 0 Å². The summed E-state index contributed by atoms with van der Waals surface area (Å²) in [5.74, 6) is -2.32. The Kier molecular flexibility index (Phi) is 3.19. The highest BCUT2D eigenvalue weighted by Gasteiger charge is 2.25. The van der Waals surface area contributed by atoms with Crippen LogP contribution in [-0.4, -0.2) is 4.98 Å². The Morgan fingerprint density at radius 2 is 2.00 bits per heavy atom. The van der Waals surface area contributed by atoms with Gasteiger partial charge in [-0.2, -0.15) is 8.78 Å². The number of rotatable bonds is 3. The molecule has 3 heteroatoms. The van der Waals surface area contributed by atoms with E-state index < -0.39 is 5.92 Å². The van der Waals surface area contributed by atoms with Crippen molar-refractivity contribution in [2.45, 2.75) is 33.1 Å². The highest BCUT2D eigenvalue weighted by atomic mass is 19.3. The largest absolute Gasteiger partial charge is 0.286 e. The van der Waals surface area contributed by atoms with Gasteiger partial charge in [0.05, 0.1) is 0 Å². The molecule has 0 aliphatic heterocycles. The standard InChI is InChI=1S/C11H15F2N/c1-8(2)6-9-4-5-10(14-7-9)11(3,12)13/h4-5,7-8H,6H2,1-3H3. The molecule has 0 amide bonds. The number of hydrogen-bond donors (Lipinski definition) is 0. The summed E-state index contributed by atoms with van der Waals surface area (Å²) >= 11 is 0. The third-order valence-electron chi connectivity index (χ3n) is 1.92. The monoisotopic (exact) mass is 199 g/mol. The zero-order chi connectivity index (χ0) is 10.8. The molecule has 1 aromatic heterocycles. The summed E-state index contributed by atoms with van der Waals surface area (Å²) in [6.45, 7) is 5.03. The second-order valence-electron chi connectivity index (χ2n) is 4.04. The molecule has 0 bridgehead atoms. The first-order valence-electron chi connectivity index (χ1n) is 4.73. The number of pyridine rings is 1. The molecular formula is C11H15F2N. The van der Waals surface area contributed by atoms with Crippen molar-refractivity contribution in [2.75, 3.05) is 0 Å². The minimum absolute atomic E-state index is 0.162. The van der Waals surface area contributed by atoms with Crippen LogP contribution in [0.1, 0.15) is 32.0 Å². The number of nitrogens with zero attached hydrogens (tertiary/aromatic N) is 1. The summed E-state index contributed by atoms with van der Waals surface area (Å²) in [7, 11) is 0. The number of alkyl halides is 2. The first kappa shape index (κ1) is 11.1. The average Bonchev–Trinajstić information content (AvgIpc) is 2.02. The third kappa shape index (κ3) is 3.05. The Hall–Kier alpha value is -0.990. The second-order valence-corrected chi connectivity index (χ2v) is 4.04. The second kappa shape index (κ2) is 4.03. The fourth-order valence-electron chi connectivity index (χ4n) is 1.28. The van der Waals surface area contributed by atoms with Crippen molar-refractivity contribution in [3.8, 4) is 0 Å². The molecule has 0 N–H and O–H groups in total. The smallest absolute Gasteiger partial charge is 0.255 e. The van der Waals surface area contributed by atoms with E-state index in [0.29, 0.717) is 5.92 Å². The van der Waals surface area contributed by atoms with Crippen molar-refractivity contribution < 1.29 is 8.78 Å². The minimum Gasteiger partial charge on any atom is -0.255 e. The topological polar surface area (TPSA) is 12.9 Å². The molecule has 0 radical (unpaired) electrons. The van der Waals surface area contributed by atoms with Crippen LogP contribution in [0.25, 0.3) is 0 Å². The Bertz CT molecular complexity index is 285. The molecule has 0 saturated heterocycles. The molecule has 78 valence electrons. The highest BCUT2D eigenvalue weighted by molar-refractivity contribution is 5.17. The van der Waals surface area contributed by atoms with Crippen molar-refractivity contribution in [1.29, 1.82) is 0 Å². The number of aromatic nitrogens is 1. The Balaban J connectivity index is 2.79. The molecule has 14 heavy (non-hydrogen) atoms. The Morgan fingerprint density at radius 1 is 1.36 bits per heavy atom. The van der Waals surface area contributed by atoms with E-state index in [1.165, 1.54) is 12.3 Å². The Labute approximate surface area is 83.2 Å². The summed E-state index contributed by atoms with van der Waals surface area (Å²) in [5, 5.41) is 0. The molecule has 0 atom stereocenters. The van der Waals surface area contributed by atoms with Crippen molar-refractivity contribution in [3.63, 3.8) is 0 Å². The van der Waals surface area contributed by atoms with Crippen LogP contribution in [0.2, 0.25) is 0 Å². The summed E-state index contributed by atoms with van der Waals surface area (Å²) < 4.78 is 25.6. The zero-order valence-corrected chi connectivity index (χ0v) is 8.72. The quantitative estimate of drug-likeness (QED) is 0.727. The van der Waals surface area contributed by atoms with Gasteiger partial charge in [-0.15, -0.1) is 0 Å². The van der Waals surface area contributed by atoms with Crippen LogP contribution in [0.15, 0.2) is 18.3 Å². The van der Waals surface area contributed by atoms with E-state index in [0.717, 1.165) is 18.9 Å². The van der Waals surface area contributed by atoms with Gasteiger partial charge >= 0.3 is 0 Å². The minimum atomic E-state index is -2.84. The lowest BCUT2D eigenvalue weighted by Gasteiger charge is -2.10. The first-order valence-corrected chi connectivity index (χ1v) is 4.73. The van der Waals surface area contributed by atoms with Gasteiger partial charge in [-0.25, -0.2) is 0 Å². The molecule has 1 nitrogen and oxygen atoms in total. The lowest BCUT2D eigenvalue weighted by molar-refractivity contribution is 0.0127. The van der Waals surface area contributed by atoms with E-state index in [2.05, 4.69) is 18.8 Å². The summed E-state index contributed by atoms with van der Waals surface area (Å²) in [6, 6.07) is 3.12. The van der Waals surface area contributed by atoms with Gasteiger partial charge in [-0.1, -0.05) is 19.9 Å². The van der Waals surface area contributed by atoms with Gasteiger partial charge in [0.15, 0.2) is 0 Å². The summed E-state index contributed by atoms with van der Waals surface area (Å²) in [5.41, 5.74) is 0.845. The van der Waals surface area contributed by atoms with Crippen molar-refractivity contribution in [3.05, 3.63) is 29.6 Å². The first-order chi connectivity index (χ1) is 6.39.